The van der Waals surface area contributed by atoms with Crippen molar-refractivity contribution in [3.05, 3.63) is 0 Å². The predicted octanol–water partition coefficient (Wildman–Crippen LogP) is 0.967. The largest absolute Gasteiger partial charge is 0.468 e. The Balaban J connectivity index is 2.02. The van der Waals surface area contributed by atoms with Crippen LogP contribution in [0.4, 0.5) is 0 Å². The molecule has 1 amide bonds. The van der Waals surface area contributed by atoms with Gasteiger partial charge in [0.15, 0.2) is 0 Å². The first kappa shape index (κ1) is 13.3. The van der Waals surface area contributed by atoms with Gasteiger partial charge in [-0.1, -0.05) is 12.8 Å². The lowest BCUT2D eigenvalue weighted by Crippen LogP contribution is -2.45. The minimum atomic E-state index is -0.339. The van der Waals surface area contributed by atoms with Crippen molar-refractivity contribution in [2.75, 3.05) is 26.9 Å². The van der Waals surface area contributed by atoms with Gasteiger partial charge >= 0.3 is 5.97 Å². The number of carbonyl (C=O) groups excluding carboxylic acids is 2. The Labute approximate surface area is 107 Å². The van der Waals surface area contributed by atoms with Gasteiger partial charge < -0.3 is 14.4 Å². The van der Waals surface area contributed by atoms with Crippen LogP contribution in [0.3, 0.4) is 0 Å². The van der Waals surface area contributed by atoms with Gasteiger partial charge in [0.2, 0.25) is 5.91 Å². The van der Waals surface area contributed by atoms with Gasteiger partial charge in [0.25, 0.3) is 0 Å². The molecule has 102 valence electrons. The van der Waals surface area contributed by atoms with E-state index in [4.69, 9.17) is 4.74 Å². The summed E-state index contributed by atoms with van der Waals surface area (Å²) in [5, 5.41) is 0. The summed E-state index contributed by atoms with van der Waals surface area (Å²) in [7, 11) is 1.36. The van der Waals surface area contributed by atoms with E-state index in [0.717, 1.165) is 32.1 Å². The zero-order chi connectivity index (χ0) is 13.0. The zero-order valence-electron chi connectivity index (χ0n) is 10.9. The standard InChI is InChI=1S/C13H21NO4/c1-17-12(15)8-14(11-4-2-3-5-11)13(16)10-6-7-18-9-10/h10-11H,2-9H2,1H3. The first-order chi connectivity index (χ1) is 8.72. The summed E-state index contributed by atoms with van der Waals surface area (Å²) in [5.41, 5.74) is 0. The van der Waals surface area contributed by atoms with Crippen LogP contribution in [0.25, 0.3) is 0 Å². The highest BCUT2D eigenvalue weighted by molar-refractivity contribution is 5.84. The fourth-order valence-corrected chi connectivity index (χ4v) is 2.77. The molecule has 0 N–H and O–H groups in total. The van der Waals surface area contributed by atoms with Crippen LogP contribution >= 0.6 is 0 Å². The van der Waals surface area contributed by atoms with E-state index in [1.807, 2.05) is 0 Å². The van der Waals surface area contributed by atoms with Gasteiger partial charge in [0, 0.05) is 12.6 Å². The van der Waals surface area contributed by atoms with Gasteiger partial charge in [-0.3, -0.25) is 9.59 Å². The van der Waals surface area contributed by atoms with E-state index in [1.54, 1.807) is 4.90 Å². The summed E-state index contributed by atoms with van der Waals surface area (Å²) in [6.07, 6.45) is 5.03. The lowest BCUT2D eigenvalue weighted by Gasteiger charge is -2.29. The van der Waals surface area contributed by atoms with Gasteiger partial charge in [-0.25, -0.2) is 0 Å². The van der Waals surface area contributed by atoms with Crippen molar-refractivity contribution in [2.45, 2.75) is 38.1 Å². The molecule has 5 nitrogen and oxygen atoms in total. The van der Waals surface area contributed by atoms with Gasteiger partial charge in [-0.15, -0.1) is 0 Å². The fourth-order valence-electron chi connectivity index (χ4n) is 2.77. The van der Waals surface area contributed by atoms with E-state index in [2.05, 4.69) is 4.74 Å². The second-order valence-electron chi connectivity index (χ2n) is 5.04. The molecule has 1 aliphatic heterocycles. The van der Waals surface area contributed by atoms with E-state index in [9.17, 15) is 9.59 Å². The Morgan fingerprint density at radius 1 is 1.28 bits per heavy atom. The van der Waals surface area contributed by atoms with Crippen LogP contribution in [0.1, 0.15) is 32.1 Å². The highest BCUT2D eigenvalue weighted by Crippen LogP contribution is 2.26. The van der Waals surface area contributed by atoms with Crippen LogP contribution in [-0.4, -0.2) is 49.7 Å². The normalized spacial score (nSPS) is 24.2. The SMILES string of the molecule is COC(=O)CN(C(=O)C1CCOC1)C1CCCC1. The molecule has 5 heteroatoms. The third kappa shape index (κ3) is 3.02. The van der Waals surface area contributed by atoms with Gasteiger partial charge in [-0.2, -0.15) is 0 Å². The highest BCUT2D eigenvalue weighted by atomic mass is 16.5. The average Bonchev–Trinajstić information content (AvgIpc) is 3.06. The molecule has 18 heavy (non-hydrogen) atoms. The summed E-state index contributed by atoms with van der Waals surface area (Å²) < 4.78 is 9.95. The number of rotatable bonds is 4. The van der Waals surface area contributed by atoms with E-state index in [0.29, 0.717) is 13.2 Å². The molecule has 0 aromatic rings. The van der Waals surface area contributed by atoms with Crippen LogP contribution < -0.4 is 0 Å². The molecule has 1 saturated carbocycles. The van der Waals surface area contributed by atoms with E-state index >= 15 is 0 Å². The maximum absolute atomic E-state index is 12.4. The van der Waals surface area contributed by atoms with E-state index in [1.165, 1.54) is 7.11 Å². The number of hydrogen-bond donors (Lipinski definition) is 0. The molecule has 0 radical (unpaired) electrons. The molecular formula is C13H21NO4. The molecule has 1 aliphatic carbocycles. The minimum Gasteiger partial charge on any atom is -0.468 e. The Morgan fingerprint density at radius 2 is 2.00 bits per heavy atom. The van der Waals surface area contributed by atoms with E-state index < -0.39 is 0 Å². The van der Waals surface area contributed by atoms with Crippen LogP contribution in [0.2, 0.25) is 0 Å². The van der Waals surface area contributed by atoms with Crippen LogP contribution in [0.5, 0.6) is 0 Å². The number of methoxy groups -OCH3 is 1. The molecule has 1 saturated heterocycles. The number of amides is 1. The summed E-state index contributed by atoms with van der Waals surface area (Å²) in [4.78, 5) is 25.6. The maximum Gasteiger partial charge on any atom is 0.325 e. The summed E-state index contributed by atoms with van der Waals surface area (Å²) in [6, 6.07) is 0.206. The first-order valence-corrected chi connectivity index (χ1v) is 6.67. The molecule has 0 aromatic carbocycles. The molecule has 1 atom stereocenters. The molecular weight excluding hydrogens is 234 g/mol. The lowest BCUT2D eigenvalue weighted by atomic mass is 10.1. The number of hydrogen-bond acceptors (Lipinski definition) is 4. The van der Waals surface area contributed by atoms with Crippen molar-refractivity contribution in [3.8, 4) is 0 Å². The molecule has 2 rings (SSSR count). The Hall–Kier alpha value is -1.10. The first-order valence-electron chi connectivity index (χ1n) is 6.67. The minimum absolute atomic E-state index is 0.0600. The fraction of sp³-hybridized carbons (Fsp3) is 0.846. The van der Waals surface area contributed by atoms with Crippen molar-refractivity contribution in [1.29, 1.82) is 0 Å². The summed E-state index contributed by atoms with van der Waals surface area (Å²) >= 11 is 0. The van der Waals surface area contributed by atoms with Crippen molar-refractivity contribution in [1.82, 2.24) is 4.90 Å². The average molecular weight is 255 g/mol. The Kier molecular flexibility index (Phi) is 4.58. The number of nitrogens with zero attached hydrogens (tertiary/aromatic N) is 1. The number of esters is 1. The second kappa shape index (κ2) is 6.18. The van der Waals surface area contributed by atoms with Crippen LogP contribution in [0, 0.1) is 5.92 Å². The lowest BCUT2D eigenvalue weighted by molar-refractivity contribution is -0.150. The Morgan fingerprint density at radius 3 is 2.56 bits per heavy atom. The van der Waals surface area contributed by atoms with Crippen molar-refractivity contribution < 1.29 is 19.1 Å². The quantitative estimate of drug-likeness (QED) is 0.702. The number of carbonyl (C=O) groups is 2. The zero-order valence-corrected chi connectivity index (χ0v) is 10.9. The topological polar surface area (TPSA) is 55.8 Å². The third-order valence-corrected chi connectivity index (χ3v) is 3.85. The Bertz CT molecular complexity index is 306. The predicted molar refractivity (Wildman–Crippen MR) is 64.9 cm³/mol. The van der Waals surface area contributed by atoms with Crippen LogP contribution in [0.15, 0.2) is 0 Å². The smallest absolute Gasteiger partial charge is 0.325 e. The van der Waals surface area contributed by atoms with Crippen molar-refractivity contribution >= 4 is 11.9 Å². The van der Waals surface area contributed by atoms with Gasteiger partial charge in [0.1, 0.15) is 6.54 Å². The second-order valence-corrected chi connectivity index (χ2v) is 5.04. The maximum atomic E-state index is 12.4. The highest BCUT2D eigenvalue weighted by Gasteiger charge is 2.34. The molecule has 0 bridgehead atoms. The monoisotopic (exact) mass is 255 g/mol. The molecule has 1 heterocycles. The molecule has 0 aromatic heterocycles. The molecule has 1 unspecified atom stereocenters. The summed E-state index contributed by atoms with van der Waals surface area (Å²) in [5.74, 6) is -0.353. The van der Waals surface area contributed by atoms with Crippen LogP contribution in [-0.2, 0) is 19.1 Å². The van der Waals surface area contributed by atoms with Gasteiger partial charge in [-0.05, 0) is 19.3 Å². The number of ether oxygens (including phenoxy) is 2. The van der Waals surface area contributed by atoms with Crippen molar-refractivity contribution in [2.24, 2.45) is 5.92 Å². The molecule has 2 fully saturated rings. The third-order valence-electron chi connectivity index (χ3n) is 3.85. The molecule has 2 aliphatic rings. The summed E-state index contributed by atoms with van der Waals surface area (Å²) in [6.45, 7) is 1.22. The van der Waals surface area contributed by atoms with Gasteiger partial charge in [0.05, 0.1) is 19.6 Å². The van der Waals surface area contributed by atoms with Crippen molar-refractivity contribution in [3.63, 3.8) is 0 Å². The molecule has 0 spiro atoms. The van der Waals surface area contributed by atoms with E-state index in [-0.39, 0.29) is 30.4 Å².